The molecule has 0 fully saturated rings. The van der Waals surface area contributed by atoms with E-state index in [0.29, 0.717) is 22.6 Å². The number of phenolic OH excluding ortho intramolecular Hbond substituents is 1. The molecule has 0 saturated carbocycles. The zero-order valence-electron chi connectivity index (χ0n) is 16.8. The highest BCUT2D eigenvalue weighted by Gasteiger charge is 2.11. The first-order valence-electron chi connectivity index (χ1n) is 9.23. The second-order valence-corrected chi connectivity index (χ2v) is 6.49. The van der Waals surface area contributed by atoms with Crippen molar-refractivity contribution in [3.8, 4) is 17.2 Å². The average molecular weight is 420 g/mol. The smallest absolute Gasteiger partial charge is 0.269 e. The van der Waals surface area contributed by atoms with Gasteiger partial charge in [-0.05, 0) is 55.0 Å². The highest BCUT2D eigenvalue weighted by molar-refractivity contribution is 5.99. The van der Waals surface area contributed by atoms with Crippen LogP contribution in [0.2, 0.25) is 0 Å². The van der Waals surface area contributed by atoms with E-state index in [0.717, 1.165) is 0 Å². The molecule has 0 aliphatic carbocycles. The quantitative estimate of drug-likeness (QED) is 0.469. The summed E-state index contributed by atoms with van der Waals surface area (Å²) in [5.74, 6) is -0.564. The van der Waals surface area contributed by atoms with Gasteiger partial charge in [0, 0.05) is 30.4 Å². The number of hydrogen-bond donors (Lipinski definition) is 4. The first-order chi connectivity index (χ1) is 14.9. The van der Waals surface area contributed by atoms with E-state index in [2.05, 4.69) is 21.2 Å². The number of ether oxygens (including phenoxy) is 1. The Balaban J connectivity index is 1.59. The first kappa shape index (κ1) is 21.3. The van der Waals surface area contributed by atoms with Crippen LogP contribution in [0.15, 0.2) is 60.8 Å². The van der Waals surface area contributed by atoms with Gasteiger partial charge in [-0.15, -0.1) is 0 Å². The fourth-order valence-corrected chi connectivity index (χ4v) is 2.55. The number of aromatic hydroxyl groups is 1. The summed E-state index contributed by atoms with van der Waals surface area (Å²) >= 11 is 0. The van der Waals surface area contributed by atoms with E-state index in [-0.39, 0.29) is 22.9 Å². The number of aromatic nitrogens is 1. The Bertz CT molecular complexity index is 1130. The van der Waals surface area contributed by atoms with Crippen LogP contribution in [0.3, 0.4) is 0 Å². The van der Waals surface area contributed by atoms with E-state index < -0.39 is 11.8 Å². The maximum Gasteiger partial charge on any atom is 0.269 e. The van der Waals surface area contributed by atoms with Crippen LogP contribution < -0.4 is 20.9 Å². The van der Waals surface area contributed by atoms with E-state index >= 15 is 0 Å². The van der Waals surface area contributed by atoms with Gasteiger partial charge in [-0.25, -0.2) is 0 Å². The summed E-state index contributed by atoms with van der Waals surface area (Å²) in [6.45, 7) is 1.71. The minimum absolute atomic E-state index is 0.00814. The van der Waals surface area contributed by atoms with Crippen molar-refractivity contribution in [2.45, 2.75) is 6.92 Å². The number of carbonyl (C=O) groups is 3. The third-order valence-corrected chi connectivity index (χ3v) is 4.30. The molecule has 0 aliphatic heterocycles. The van der Waals surface area contributed by atoms with Gasteiger partial charge in [-0.2, -0.15) is 0 Å². The molecule has 158 valence electrons. The number of aryl methyl sites for hydroxylation is 1. The molecule has 0 atom stereocenters. The zero-order chi connectivity index (χ0) is 22.4. The molecule has 0 saturated heterocycles. The van der Waals surface area contributed by atoms with Crippen LogP contribution in [0.1, 0.15) is 36.8 Å². The molecule has 9 heteroatoms. The van der Waals surface area contributed by atoms with E-state index in [1.54, 1.807) is 31.2 Å². The van der Waals surface area contributed by atoms with Gasteiger partial charge >= 0.3 is 0 Å². The highest BCUT2D eigenvalue weighted by atomic mass is 16.5. The first-order valence-corrected chi connectivity index (χ1v) is 9.23. The van der Waals surface area contributed by atoms with Gasteiger partial charge in [-0.3, -0.25) is 30.2 Å². The largest absolute Gasteiger partial charge is 0.508 e. The molecule has 0 aliphatic rings. The second kappa shape index (κ2) is 9.40. The van der Waals surface area contributed by atoms with Crippen molar-refractivity contribution < 1.29 is 24.2 Å². The predicted molar refractivity (Wildman–Crippen MR) is 112 cm³/mol. The molecule has 0 bridgehead atoms. The SMILES string of the molecule is CNC(=O)c1cc(Oc2ccc(C(=O)NNC(=O)c3ccc(C)c(O)c3)cc2)ccn1. The summed E-state index contributed by atoms with van der Waals surface area (Å²) in [7, 11) is 1.51. The van der Waals surface area contributed by atoms with Gasteiger partial charge in [-0.1, -0.05) is 6.07 Å². The lowest BCUT2D eigenvalue weighted by Crippen LogP contribution is -2.41. The standard InChI is InChI=1S/C22H20N4O5/c1-13-3-4-15(11-19(13)27)21(29)26-25-20(28)14-5-7-16(8-6-14)31-17-9-10-24-18(12-17)22(30)23-2/h3-12,27H,1-2H3,(H,23,30)(H,25,28)(H,26,29). The number of phenols is 1. The molecule has 0 unspecified atom stereocenters. The molecule has 1 heterocycles. The molecule has 9 nitrogen and oxygen atoms in total. The van der Waals surface area contributed by atoms with Crippen molar-refractivity contribution in [1.82, 2.24) is 21.2 Å². The third-order valence-electron chi connectivity index (χ3n) is 4.30. The summed E-state index contributed by atoms with van der Waals surface area (Å²) in [6.07, 6.45) is 1.46. The number of benzene rings is 2. The monoisotopic (exact) mass is 420 g/mol. The number of nitrogens with zero attached hydrogens (tertiary/aromatic N) is 1. The van der Waals surface area contributed by atoms with Crippen molar-refractivity contribution in [2.24, 2.45) is 0 Å². The lowest BCUT2D eigenvalue weighted by molar-refractivity contribution is 0.0846. The number of carbonyl (C=O) groups excluding carboxylic acids is 3. The van der Waals surface area contributed by atoms with Crippen molar-refractivity contribution >= 4 is 17.7 Å². The van der Waals surface area contributed by atoms with Crippen LogP contribution in [-0.4, -0.2) is 34.9 Å². The van der Waals surface area contributed by atoms with Gasteiger partial charge in [0.25, 0.3) is 17.7 Å². The van der Waals surface area contributed by atoms with Crippen molar-refractivity contribution in [2.75, 3.05) is 7.05 Å². The molecule has 31 heavy (non-hydrogen) atoms. The van der Waals surface area contributed by atoms with Crippen LogP contribution in [0.5, 0.6) is 17.2 Å². The van der Waals surface area contributed by atoms with E-state index in [1.165, 1.54) is 43.6 Å². The fourth-order valence-electron chi connectivity index (χ4n) is 2.55. The molecule has 2 aromatic carbocycles. The maximum atomic E-state index is 12.3. The van der Waals surface area contributed by atoms with E-state index in [9.17, 15) is 19.5 Å². The number of amides is 3. The van der Waals surface area contributed by atoms with Crippen LogP contribution in [0, 0.1) is 6.92 Å². The number of pyridine rings is 1. The van der Waals surface area contributed by atoms with Gasteiger partial charge in [0.15, 0.2) is 0 Å². The van der Waals surface area contributed by atoms with Crippen LogP contribution in [0.25, 0.3) is 0 Å². The highest BCUT2D eigenvalue weighted by Crippen LogP contribution is 2.22. The molecule has 0 radical (unpaired) electrons. The average Bonchev–Trinajstić information content (AvgIpc) is 2.79. The van der Waals surface area contributed by atoms with Crippen LogP contribution in [-0.2, 0) is 0 Å². The lowest BCUT2D eigenvalue weighted by Gasteiger charge is -2.10. The minimum atomic E-state index is -0.562. The Kier molecular flexibility index (Phi) is 6.46. The van der Waals surface area contributed by atoms with Gasteiger partial charge in [0.2, 0.25) is 0 Å². The van der Waals surface area contributed by atoms with Crippen LogP contribution in [0.4, 0.5) is 0 Å². The van der Waals surface area contributed by atoms with Gasteiger partial charge < -0.3 is 15.2 Å². The normalized spacial score (nSPS) is 10.1. The van der Waals surface area contributed by atoms with Crippen molar-refractivity contribution in [3.05, 3.63) is 83.2 Å². The Labute approximate surface area is 178 Å². The topological polar surface area (TPSA) is 130 Å². The Morgan fingerprint density at radius 2 is 1.48 bits per heavy atom. The predicted octanol–water partition coefficient (Wildman–Crippen LogP) is 2.32. The summed E-state index contributed by atoms with van der Waals surface area (Å²) in [4.78, 5) is 40.0. The Hall–Kier alpha value is -4.40. The third kappa shape index (κ3) is 5.36. The summed E-state index contributed by atoms with van der Waals surface area (Å²) in [5.41, 5.74) is 5.96. The lowest BCUT2D eigenvalue weighted by atomic mass is 10.1. The fraction of sp³-hybridized carbons (Fsp3) is 0.0909. The van der Waals surface area contributed by atoms with Crippen molar-refractivity contribution in [1.29, 1.82) is 0 Å². The molecular weight excluding hydrogens is 400 g/mol. The Morgan fingerprint density at radius 1 is 0.839 bits per heavy atom. The zero-order valence-corrected chi connectivity index (χ0v) is 16.8. The minimum Gasteiger partial charge on any atom is -0.508 e. The molecule has 3 amide bonds. The van der Waals surface area contributed by atoms with Gasteiger partial charge in [0.05, 0.1) is 0 Å². The molecular formula is C22H20N4O5. The molecule has 3 rings (SSSR count). The molecule has 4 N–H and O–H groups in total. The number of hydrazine groups is 1. The maximum absolute atomic E-state index is 12.3. The number of nitrogens with one attached hydrogen (secondary N) is 3. The number of rotatable bonds is 5. The molecule has 0 spiro atoms. The molecule has 1 aromatic heterocycles. The van der Waals surface area contributed by atoms with Gasteiger partial charge in [0.1, 0.15) is 22.9 Å². The Morgan fingerprint density at radius 3 is 2.13 bits per heavy atom. The van der Waals surface area contributed by atoms with E-state index in [1.807, 2.05) is 0 Å². The van der Waals surface area contributed by atoms with Crippen molar-refractivity contribution in [3.63, 3.8) is 0 Å². The number of hydrogen-bond acceptors (Lipinski definition) is 6. The summed E-state index contributed by atoms with van der Waals surface area (Å²) < 4.78 is 5.68. The second-order valence-electron chi connectivity index (χ2n) is 6.49. The summed E-state index contributed by atoms with van der Waals surface area (Å²) in [6, 6.07) is 13.8. The summed E-state index contributed by atoms with van der Waals surface area (Å²) in [5, 5.41) is 12.2. The molecule has 3 aromatic rings. The van der Waals surface area contributed by atoms with E-state index in [4.69, 9.17) is 4.74 Å². The van der Waals surface area contributed by atoms with Crippen LogP contribution >= 0.6 is 0 Å².